The Labute approximate surface area is 183 Å². The van der Waals surface area contributed by atoms with Crippen molar-refractivity contribution in [2.45, 2.75) is 18.9 Å². The molecule has 2 aromatic rings. The summed E-state index contributed by atoms with van der Waals surface area (Å²) in [5.74, 6) is 2.15. The highest BCUT2D eigenvalue weighted by molar-refractivity contribution is 7.80. The number of fused-ring (bicyclic) bond motifs is 1. The molecular formula is C22H30NO7S+. The van der Waals surface area contributed by atoms with Crippen LogP contribution in [-0.4, -0.2) is 65.5 Å². The van der Waals surface area contributed by atoms with E-state index in [2.05, 4.69) is 23.4 Å². The van der Waals surface area contributed by atoms with Gasteiger partial charge in [0.05, 0.1) is 48.1 Å². The predicted molar refractivity (Wildman–Crippen MR) is 116 cm³/mol. The first-order valence-electron chi connectivity index (χ1n) is 10.1. The van der Waals surface area contributed by atoms with E-state index >= 15 is 0 Å². The molecule has 0 saturated carbocycles. The number of hydrogen-bond acceptors (Lipinski definition) is 6. The first-order chi connectivity index (χ1) is 14.7. The quantitative estimate of drug-likeness (QED) is 0.355. The molecule has 1 aliphatic heterocycles. The highest BCUT2D eigenvalue weighted by Crippen LogP contribution is 2.44. The van der Waals surface area contributed by atoms with Crippen molar-refractivity contribution in [3.8, 4) is 17.2 Å². The van der Waals surface area contributed by atoms with Gasteiger partial charge in [0.1, 0.15) is 11.8 Å². The van der Waals surface area contributed by atoms with Gasteiger partial charge in [-0.15, -0.1) is 0 Å². The van der Waals surface area contributed by atoms with Gasteiger partial charge in [0.25, 0.3) is 0 Å². The maximum Gasteiger partial charge on any atom is 0.397 e. The van der Waals surface area contributed by atoms with Gasteiger partial charge in [-0.2, -0.15) is 8.42 Å². The van der Waals surface area contributed by atoms with Crippen molar-refractivity contribution in [2.75, 3.05) is 48.1 Å². The minimum absolute atomic E-state index is 0.000181. The first kappa shape index (κ1) is 23.3. The molecule has 2 aromatic carbocycles. The largest absolute Gasteiger partial charge is 0.497 e. The maximum atomic E-state index is 10.9. The van der Waals surface area contributed by atoms with E-state index in [4.69, 9.17) is 18.8 Å². The zero-order valence-corrected chi connectivity index (χ0v) is 19.1. The van der Waals surface area contributed by atoms with Gasteiger partial charge < -0.3 is 18.7 Å². The SMILES string of the molecule is COc1ccc([C@H]2c3cc(OC)c(OC)cc3CC[N@+]2(C)CCCOS(=O)(=O)O)cc1. The molecule has 0 spiro atoms. The van der Waals surface area contributed by atoms with E-state index in [1.165, 1.54) is 5.56 Å². The molecule has 0 radical (unpaired) electrons. The van der Waals surface area contributed by atoms with Crippen molar-refractivity contribution in [3.05, 3.63) is 53.1 Å². The fraction of sp³-hybridized carbons (Fsp3) is 0.455. The number of nitrogens with zero attached hydrogens (tertiary/aromatic N) is 1. The number of benzene rings is 2. The summed E-state index contributed by atoms with van der Waals surface area (Å²) >= 11 is 0. The lowest BCUT2D eigenvalue weighted by Crippen LogP contribution is -2.52. The normalized spacial score (nSPS) is 20.7. The van der Waals surface area contributed by atoms with E-state index in [9.17, 15) is 8.42 Å². The van der Waals surface area contributed by atoms with E-state index in [1.807, 2.05) is 24.3 Å². The second kappa shape index (κ2) is 9.44. The van der Waals surface area contributed by atoms with Crippen LogP contribution in [0.5, 0.6) is 17.2 Å². The molecule has 0 saturated heterocycles. The van der Waals surface area contributed by atoms with Gasteiger partial charge in [-0.05, 0) is 42.0 Å². The minimum atomic E-state index is -4.44. The van der Waals surface area contributed by atoms with Gasteiger partial charge in [0.15, 0.2) is 11.5 Å². The molecule has 170 valence electrons. The van der Waals surface area contributed by atoms with Crippen molar-refractivity contribution < 1.29 is 35.8 Å². The summed E-state index contributed by atoms with van der Waals surface area (Å²) in [5.41, 5.74) is 3.46. The fourth-order valence-corrected chi connectivity index (χ4v) is 4.73. The molecule has 3 rings (SSSR count). The Morgan fingerprint density at radius 3 is 2.26 bits per heavy atom. The molecule has 1 heterocycles. The van der Waals surface area contributed by atoms with Crippen LogP contribution in [0.3, 0.4) is 0 Å². The second-order valence-electron chi connectivity index (χ2n) is 7.86. The van der Waals surface area contributed by atoms with Crippen LogP contribution in [0.1, 0.15) is 29.2 Å². The van der Waals surface area contributed by atoms with Crippen LogP contribution in [-0.2, 0) is 21.0 Å². The Bertz CT molecular complexity index is 1010. The molecule has 0 amide bonds. The molecule has 8 nitrogen and oxygen atoms in total. The zero-order chi connectivity index (χ0) is 22.6. The Morgan fingerprint density at radius 1 is 1.03 bits per heavy atom. The monoisotopic (exact) mass is 452 g/mol. The molecule has 1 aliphatic rings. The predicted octanol–water partition coefficient (Wildman–Crippen LogP) is 3.01. The van der Waals surface area contributed by atoms with Crippen LogP contribution >= 0.6 is 0 Å². The Kier molecular flexibility index (Phi) is 7.10. The van der Waals surface area contributed by atoms with E-state index in [0.29, 0.717) is 28.9 Å². The fourth-order valence-electron chi connectivity index (χ4n) is 4.41. The van der Waals surface area contributed by atoms with Gasteiger partial charge in [0, 0.05) is 24.0 Å². The van der Waals surface area contributed by atoms with Gasteiger partial charge in [-0.3, -0.25) is 4.55 Å². The van der Waals surface area contributed by atoms with Crippen molar-refractivity contribution in [1.29, 1.82) is 0 Å². The summed E-state index contributed by atoms with van der Waals surface area (Å²) in [7, 11) is 2.60. The van der Waals surface area contributed by atoms with Crippen LogP contribution in [0, 0.1) is 0 Å². The third-order valence-electron chi connectivity index (χ3n) is 5.93. The van der Waals surface area contributed by atoms with Gasteiger partial charge in [-0.25, -0.2) is 4.18 Å². The average Bonchev–Trinajstić information content (AvgIpc) is 2.75. The van der Waals surface area contributed by atoms with Crippen molar-refractivity contribution in [3.63, 3.8) is 0 Å². The number of hydrogen-bond donors (Lipinski definition) is 1. The van der Waals surface area contributed by atoms with E-state index in [1.54, 1.807) is 21.3 Å². The number of likely N-dealkylation sites (N-methyl/N-ethyl adjacent to an activating group) is 1. The topological polar surface area (TPSA) is 91.3 Å². The molecule has 9 heteroatoms. The smallest absolute Gasteiger partial charge is 0.397 e. The lowest BCUT2D eigenvalue weighted by Gasteiger charge is -2.46. The van der Waals surface area contributed by atoms with Gasteiger partial charge in [0.2, 0.25) is 0 Å². The summed E-state index contributed by atoms with van der Waals surface area (Å²) in [4.78, 5) is 0. The summed E-state index contributed by atoms with van der Waals surface area (Å²) in [6.45, 7) is 1.45. The average molecular weight is 453 g/mol. The van der Waals surface area contributed by atoms with E-state index in [0.717, 1.165) is 29.8 Å². The van der Waals surface area contributed by atoms with E-state index in [-0.39, 0.29) is 12.6 Å². The van der Waals surface area contributed by atoms with Crippen molar-refractivity contribution in [2.24, 2.45) is 0 Å². The highest BCUT2D eigenvalue weighted by atomic mass is 32.3. The maximum absolute atomic E-state index is 10.9. The Morgan fingerprint density at radius 2 is 1.68 bits per heavy atom. The van der Waals surface area contributed by atoms with Crippen molar-refractivity contribution >= 4 is 10.4 Å². The van der Waals surface area contributed by atoms with E-state index < -0.39 is 10.4 Å². The molecular weight excluding hydrogens is 422 g/mol. The zero-order valence-electron chi connectivity index (χ0n) is 18.3. The highest BCUT2D eigenvalue weighted by Gasteiger charge is 2.40. The standard InChI is InChI=1S/C22H29NO7S/c1-23(11-5-13-30-31(24,25)26)12-10-17-14-20(28-3)21(29-4)15-19(17)22(23)16-6-8-18(27-2)9-7-16/h6-9,14-15,22H,5,10-13H2,1-4H3/p+1/t22-,23-/m0/s1. The van der Waals surface area contributed by atoms with Crippen molar-refractivity contribution in [1.82, 2.24) is 0 Å². The molecule has 0 aliphatic carbocycles. The molecule has 0 aromatic heterocycles. The molecule has 0 fully saturated rings. The number of methoxy groups -OCH3 is 3. The van der Waals surface area contributed by atoms with Crippen LogP contribution in [0.15, 0.2) is 36.4 Å². The third kappa shape index (κ3) is 5.30. The molecule has 0 unspecified atom stereocenters. The number of quaternary nitrogens is 1. The molecule has 31 heavy (non-hydrogen) atoms. The van der Waals surface area contributed by atoms with Crippen LogP contribution in [0.4, 0.5) is 0 Å². The number of rotatable bonds is 9. The Balaban J connectivity index is 2.00. The summed E-state index contributed by atoms with van der Waals surface area (Å²) < 4.78 is 52.2. The first-order valence-corrected chi connectivity index (χ1v) is 11.4. The lowest BCUT2D eigenvalue weighted by atomic mass is 9.85. The van der Waals surface area contributed by atoms with Crippen LogP contribution in [0.25, 0.3) is 0 Å². The lowest BCUT2D eigenvalue weighted by molar-refractivity contribution is -0.935. The van der Waals surface area contributed by atoms with Crippen LogP contribution < -0.4 is 14.2 Å². The number of ether oxygens (including phenoxy) is 3. The van der Waals surface area contributed by atoms with Gasteiger partial charge in [-0.1, -0.05) is 0 Å². The van der Waals surface area contributed by atoms with Crippen LogP contribution in [0.2, 0.25) is 0 Å². The summed E-state index contributed by atoms with van der Waals surface area (Å²) in [6.07, 6.45) is 1.32. The summed E-state index contributed by atoms with van der Waals surface area (Å²) in [6, 6.07) is 12.1. The molecule has 2 atom stereocenters. The van der Waals surface area contributed by atoms with Gasteiger partial charge >= 0.3 is 10.4 Å². The Hall–Kier alpha value is -2.33. The minimum Gasteiger partial charge on any atom is -0.497 e. The summed E-state index contributed by atoms with van der Waals surface area (Å²) in [5, 5.41) is 0. The molecule has 1 N–H and O–H groups in total. The second-order valence-corrected chi connectivity index (χ2v) is 8.95. The molecule has 0 bridgehead atoms. The third-order valence-corrected chi connectivity index (χ3v) is 6.40.